The molecule has 1 amide bonds. The molecule has 0 radical (unpaired) electrons. The third kappa shape index (κ3) is 3.92. The molecule has 26 heavy (non-hydrogen) atoms. The van der Waals surface area contributed by atoms with Gasteiger partial charge in [-0.15, -0.1) is 0 Å². The Hall–Kier alpha value is -3.12. The van der Waals surface area contributed by atoms with Crippen molar-refractivity contribution in [2.45, 2.75) is 13.0 Å². The summed E-state index contributed by atoms with van der Waals surface area (Å²) in [5, 5.41) is 15.7. The fourth-order valence-corrected chi connectivity index (χ4v) is 2.62. The van der Waals surface area contributed by atoms with E-state index < -0.39 is 16.9 Å². The SMILES string of the molecule is C[C@H](Oc1ccc2ccccc2c1)C(=O)Nc1cc([N+](=O)[O-])ccc1Cl. The minimum absolute atomic E-state index is 0.159. The highest BCUT2D eigenvalue weighted by molar-refractivity contribution is 6.33. The van der Waals surface area contributed by atoms with Crippen LogP contribution in [-0.2, 0) is 4.79 Å². The summed E-state index contributed by atoms with van der Waals surface area (Å²) in [5.74, 6) is 0.0945. The molecule has 6 nitrogen and oxygen atoms in total. The molecule has 0 aliphatic heterocycles. The molecule has 3 aromatic carbocycles. The van der Waals surface area contributed by atoms with E-state index in [4.69, 9.17) is 16.3 Å². The number of nitro groups is 1. The summed E-state index contributed by atoms with van der Waals surface area (Å²) in [5.41, 5.74) is 0.00706. The smallest absolute Gasteiger partial charge is 0.271 e. The summed E-state index contributed by atoms with van der Waals surface area (Å²) in [6.45, 7) is 1.59. The Morgan fingerprint density at radius 3 is 2.58 bits per heavy atom. The van der Waals surface area contributed by atoms with Crippen molar-refractivity contribution in [1.29, 1.82) is 0 Å². The zero-order valence-corrected chi connectivity index (χ0v) is 14.6. The third-order valence-corrected chi connectivity index (χ3v) is 4.15. The van der Waals surface area contributed by atoms with E-state index in [9.17, 15) is 14.9 Å². The van der Waals surface area contributed by atoms with E-state index in [1.165, 1.54) is 18.2 Å². The number of nitrogens with one attached hydrogen (secondary N) is 1. The van der Waals surface area contributed by atoms with Gasteiger partial charge in [0.05, 0.1) is 15.6 Å². The average Bonchev–Trinajstić information content (AvgIpc) is 2.63. The Morgan fingerprint density at radius 1 is 1.12 bits per heavy atom. The molecule has 0 heterocycles. The lowest BCUT2D eigenvalue weighted by atomic mass is 10.1. The number of nitrogens with zero attached hydrogens (tertiary/aromatic N) is 1. The van der Waals surface area contributed by atoms with Crippen LogP contribution in [0.2, 0.25) is 5.02 Å². The second-order valence-corrected chi connectivity index (χ2v) is 6.09. The normalized spacial score (nSPS) is 11.8. The second-order valence-electron chi connectivity index (χ2n) is 5.68. The highest BCUT2D eigenvalue weighted by Gasteiger charge is 2.18. The van der Waals surface area contributed by atoms with E-state index in [1.807, 2.05) is 36.4 Å². The highest BCUT2D eigenvalue weighted by atomic mass is 35.5. The Bertz CT molecular complexity index is 990. The lowest BCUT2D eigenvalue weighted by Crippen LogP contribution is -2.30. The van der Waals surface area contributed by atoms with Gasteiger partial charge in [-0.25, -0.2) is 0 Å². The molecule has 0 aromatic heterocycles. The maximum atomic E-state index is 12.3. The number of carbonyl (C=O) groups excluding carboxylic acids is 1. The molecule has 0 spiro atoms. The molecule has 0 aliphatic rings. The predicted molar refractivity (Wildman–Crippen MR) is 101 cm³/mol. The molecule has 3 aromatic rings. The Kier molecular flexibility index (Phi) is 5.04. The van der Waals surface area contributed by atoms with Crippen LogP contribution in [0.5, 0.6) is 5.75 Å². The molecule has 3 rings (SSSR count). The number of non-ortho nitro benzene ring substituents is 1. The van der Waals surface area contributed by atoms with Crippen molar-refractivity contribution < 1.29 is 14.5 Å². The third-order valence-electron chi connectivity index (χ3n) is 3.82. The number of benzene rings is 3. The first-order chi connectivity index (χ1) is 12.4. The molecule has 0 bridgehead atoms. The number of hydrogen-bond acceptors (Lipinski definition) is 4. The van der Waals surface area contributed by atoms with E-state index in [0.717, 1.165) is 10.8 Å². The summed E-state index contributed by atoms with van der Waals surface area (Å²) in [7, 11) is 0. The van der Waals surface area contributed by atoms with Crippen molar-refractivity contribution in [2.75, 3.05) is 5.32 Å². The van der Waals surface area contributed by atoms with Crippen LogP contribution in [-0.4, -0.2) is 16.9 Å². The molecule has 0 fully saturated rings. The topological polar surface area (TPSA) is 81.5 Å². The van der Waals surface area contributed by atoms with Gasteiger partial charge in [-0.1, -0.05) is 41.9 Å². The quantitative estimate of drug-likeness (QED) is 0.516. The van der Waals surface area contributed by atoms with Crippen LogP contribution in [0, 0.1) is 10.1 Å². The van der Waals surface area contributed by atoms with Gasteiger partial charge in [0, 0.05) is 12.1 Å². The first-order valence-electron chi connectivity index (χ1n) is 7.84. The van der Waals surface area contributed by atoms with E-state index in [1.54, 1.807) is 13.0 Å². The molecule has 0 unspecified atom stereocenters. The first kappa shape index (κ1) is 17.7. The molecule has 0 aliphatic carbocycles. The molecular weight excluding hydrogens is 356 g/mol. The van der Waals surface area contributed by atoms with Crippen LogP contribution in [0.25, 0.3) is 10.8 Å². The minimum atomic E-state index is -0.813. The number of rotatable bonds is 5. The van der Waals surface area contributed by atoms with E-state index in [-0.39, 0.29) is 16.4 Å². The first-order valence-corrected chi connectivity index (χ1v) is 8.22. The van der Waals surface area contributed by atoms with Crippen LogP contribution >= 0.6 is 11.6 Å². The maximum Gasteiger partial charge on any atom is 0.271 e. The lowest BCUT2D eigenvalue weighted by Gasteiger charge is -2.15. The molecule has 7 heteroatoms. The number of hydrogen-bond donors (Lipinski definition) is 1. The summed E-state index contributed by atoms with van der Waals surface area (Å²) >= 11 is 6.00. The summed E-state index contributed by atoms with van der Waals surface area (Å²) in [4.78, 5) is 22.7. The van der Waals surface area contributed by atoms with Crippen molar-refractivity contribution >= 4 is 39.7 Å². The standard InChI is InChI=1S/C19H15ClN2O4/c1-12(26-16-8-6-13-4-2-3-5-14(13)10-16)19(23)21-18-11-15(22(24)25)7-9-17(18)20/h2-12H,1H3,(H,21,23)/t12-/m0/s1. The van der Waals surface area contributed by atoms with Gasteiger partial charge in [0.2, 0.25) is 0 Å². The van der Waals surface area contributed by atoms with Gasteiger partial charge in [-0.05, 0) is 35.9 Å². The van der Waals surface area contributed by atoms with Crippen LogP contribution in [0.15, 0.2) is 60.7 Å². The average molecular weight is 371 g/mol. The second kappa shape index (κ2) is 7.41. The van der Waals surface area contributed by atoms with E-state index in [2.05, 4.69) is 5.32 Å². The van der Waals surface area contributed by atoms with Crippen molar-refractivity contribution in [2.24, 2.45) is 0 Å². The Morgan fingerprint density at radius 2 is 1.85 bits per heavy atom. The number of halogens is 1. The lowest BCUT2D eigenvalue weighted by molar-refractivity contribution is -0.384. The number of anilines is 1. The van der Waals surface area contributed by atoms with Crippen molar-refractivity contribution in [3.05, 3.63) is 75.8 Å². The molecule has 1 N–H and O–H groups in total. The number of fused-ring (bicyclic) bond motifs is 1. The van der Waals surface area contributed by atoms with Crippen molar-refractivity contribution in [1.82, 2.24) is 0 Å². The number of carbonyl (C=O) groups is 1. The van der Waals surface area contributed by atoms with Gasteiger partial charge < -0.3 is 10.1 Å². The van der Waals surface area contributed by atoms with Crippen molar-refractivity contribution in [3.8, 4) is 5.75 Å². The summed E-state index contributed by atoms with van der Waals surface area (Å²) in [6.07, 6.45) is -0.813. The summed E-state index contributed by atoms with van der Waals surface area (Å²) in [6, 6.07) is 17.2. The van der Waals surface area contributed by atoms with Crippen LogP contribution in [0.3, 0.4) is 0 Å². The predicted octanol–water partition coefficient (Wildman–Crippen LogP) is 4.81. The van der Waals surface area contributed by atoms with Crippen molar-refractivity contribution in [3.63, 3.8) is 0 Å². The Labute approximate surface area is 154 Å². The molecule has 132 valence electrons. The monoisotopic (exact) mass is 370 g/mol. The molecule has 0 saturated carbocycles. The zero-order valence-electron chi connectivity index (χ0n) is 13.8. The molecular formula is C19H15ClN2O4. The van der Waals surface area contributed by atoms with Crippen LogP contribution < -0.4 is 10.1 Å². The van der Waals surface area contributed by atoms with Gasteiger partial charge in [0.15, 0.2) is 6.10 Å². The molecule has 0 saturated heterocycles. The van der Waals surface area contributed by atoms with Crippen LogP contribution in [0.4, 0.5) is 11.4 Å². The summed E-state index contributed by atoms with van der Waals surface area (Å²) < 4.78 is 5.69. The largest absolute Gasteiger partial charge is 0.481 e. The highest BCUT2D eigenvalue weighted by Crippen LogP contribution is 2.27. The van der Waals surface area contributed by atoms with Gasteiger partial charge in [-0.2, -0.15) is 0 Å². The van der Waals surface area contributed by atoms with E-state index >= 15 is 0 Å². The fraction of sp³-hybridized carbons (Fsp3) is 0.105. The Balaban J connectivity index is 1.73. The molecule has 1 atom stereocenters. The number of ether oxygens (including phenoxy) is 1. The zero-order chi connectivity index (χ0) is 18.7. The maximum absolute atomic E-state index is 12.3. The van der Waals surface area contributed by atoms with Gasteiger partial charge in [-0.3, -0.25) is 14.9 Å². The number of amides is 1. The van der Waals surface area contributed by atoms with Gasteiger partial charge in [0.25, 0.3) is 11.6 Å². The number of nitro benzene ring substituents is 1. The van der Waals surface area contributed by atoms with E-state index in [0.29, 0.717) is 5.75 Å². The van der Waals surface area contributed by atoms with Gasteiger partial charge >= 0.3 is 0 Å². The van der Waals surface area contributed by atoms with Gasteiger partial charge in [0.1, 0.15) is 5.75 Å². The fourth-order valence-electron chi connectivity index (χ4n) is 2.46. The minimum Gasteiger partial charge on any atom is -0.481 e. The van der Waals surface area contributed by atoms with Crippen LogP contribution in [0.1, 0.15) is 6.92 Å².